The molecule has 0 radical (unpaired) electrons. The fourth-order valence-corrected chi connectivity index (χ4v) is 2.49. The van der Waals surface area contributed by atoms with Crippen LogP contribution in [0, 0.1) is 6.92 Å². The largest absolute Gasteiger partial charge is 0.351 e. The van der Waals surface area contributed by atoms with E-state index < -0.39 is 0 Å². The maximum Gasteiger partial charge on any atom is 0.157 e. The minimum absolute atomic E-state index is 0.594. The molecule has 0 aliphatic carbocycles. The zero-order valence-electron chi connectivity index (χ0n) is 12.1. The van der Waals surface area contributed by atoms with Gasteiger partial charge in [0, 0.05) is 19.6 Å². The Labute approximate surface area is 124 Å². The lowest BCUT2D eigenvalue weighted by Crippen LogP contribution is -2.30. The molecule has 0 bridgehead atoms. The predicted octanol–water partition coefficient (Wildman–Crippen LogP) is 2.00. The van der Waals surface area contributed by atoms with Crippen LogP contribution in [-0.4, -0.2) is 27.7 Å². The van der Waals surface area contributed by atoms with Crippen molar-refractivity contribution in [3.05, 3.63) is 59.9 Å². The van der Waals surface area contributed by atoms with Crippen LogP contribution in [0.3, 0.4) is 0 Å². The number of hydrogen-bond acceptors (Lipinski definition) is 4. The van der Waals surface area contributed by atoms with E-state index in [4.69, 9.17) is 5.73 Å². The molecule has 5 heteroatoms. The maximum atomic E-state index is 5.79. The first-order valence-electron chi connectivity index (χ1n) is 7.07. The van der Waals surface area contributed by atoms with E-state index in [0.717, 1.165) is 24.6 Å². The number of pyridine rings is 1. The van der Waals surface area contributed by atoms with Crippen LogP contribution in [0.15, 0.2) is 48.8 Å². The van der Waals surface area contributed by atoms with Gasteiger partial charge in [0.15, 0.2) is 5.65 Å². The Morgan fingerprint density at radius 2 is 2.00 bits per heavy atom. The SMILES string of the molecule is Cc1cc(N(CCN)Cc2ccccc2)n2ncnc2c1. The summed E-state index contributed by atoms with van der Waals surface area (Å²) in [4.78, 5) is 6.52. The summed E-state index contributed by atoms with van der Waals surface area (Å²) in [7, 11) is 0. The lowest BCUT2D eigenvalue weighted by molar-refractivity contribution is 0.751. The number of aromatic nitrogens is 3. The topological polar surface area (TPSA) is 59.5 Å². The molecule has 0 spiro atoms. The van der Waals surface area contributed by atoms with Crippen molar-refractivity contribution in [2.75, 3.05) is 18.0 Å². The molecule has 0 saturated carbocycles. The summed E-state index contributed by atoms with van der Waals surface area (Å²) in [6.45, 7) is 4.24. The summed E-state index contributed by atoms with van der Waals surface area (Å²) in [5, 5.41) is 4.33. The van der Waals surface area contributed by atoms with Gasteiger partial charge in [0.1, 0.15) is 12.1 Å². The highest BCUT2D eigenvalue weighted by molar-refractivity contribution is 5.53. The third kappa shape index (κ3) is 2.87. The molecule has 0 saturated heterocycles. The van der Waals surface area contributed by atoms with E-state index in [-0.39, 0.29) is 0 Å². The van der Waals surface area contributed by atoms with Crippen LogP contribution in [-0.2, 0) is 6.54 Å². The van der Waals surface area contributed by atoms with E-state index in [1.165, 1.54) is 11.1 Å². The smallest absolute Gasteiger partial charge is 0.157 e. The first kappa shape index (κ1) is 13.6. The highest BCUT2D eigenvalue weighted by atomic mass is 15.4. The van der Waals surface area contributed by atoms with Gasteiger partial charge in [0.25, 0.3) is 0 Å². The number of nitrogens with two attached hydrogens (primary N) is 1. The molecule has 2 N–H and O–H groups in total. The summed E-state index contributed by atoms with van der Waals surface area (Å²) in [6.07, 6.45) is 1.58. The molecular weight excluding hydrogens is 262 g/mol. The third-order valence-corrected chi connectivity index (χ3v) is 3.44. The number of benzene rings is 1. The van der Waals surface area contributed by atoms with Crippen molar-refractivity contribution in [2.45, 2.75) is 13.5 Å². The van der Waals surface area contributed by atoms with Gasteiger partial charge in [-0.25, -0.2) is 4.98 Å². The van der Waals surface area contributed by atoms with Crippen molar-refractivity contribution < 1.29 is 0 Å². The van der Waals surface area contributed by atoms with Gasteiger partial charge < -0.3 is 10.6 Å². The summed E-state index contributed by atoms with van der Waals surface area (Å²) in [5.74, 6) is 1.02. The Balaban J connectivity index is 2.00. The van der Waals surface area contributed by atoms with Crippen molar-refractivity contribution in [2.24, 2.45) is 5.73 Å². The third-order valence-electron chi connectivity index (χ3n) is 3.44. The zero-order valence-corrected chi connectivity index (χ0v) is 12.1. The molecule has 0 atom stereocenters. The van der Waals surface area contributed by atoms with Crippen LogP contribution >= 0.6 is 0 Å². The first-order chi connectivity index (χ1) is 10.3. The number of rotatable bonds is 5. The summed E-state index contributed by atoms with van der Waals surface area (Å²) in [6, 6.07) is 14.5. The summed E-state index contributed by atoms with van der Waals surface area (Å²) in [5.41, 5.74) is 9.07. The maximum absolute atomic E-state index is 5.79. The number of fused-ring (bicyclic) bond motifs is 1. The van der Waals surface area contributed by atoms with Crippen LogP contribution in [0.25, 0.3) is 5.65 Å². The van der Waals surface area contributed by atoms with Crippen molar-refractivity contribution in [3.63, 3.8) is 0 Å². The molecule has 2 aromatic heterocycles. The molecule has 1 aromatic carbocycles. The van der Waals surface area contributed by atoms with Gasteiger partial charge in [-0.15, -0.1) is 0 Å². The Morgan fingerprint density at radius 3 is 2.76 bits per heavy atom. The Kier molecular flexibility index (Phi) is 3.83. The van der Waals surface area contributed by atoms with E-state index in [1.807, 2.05) is 16.6 Å². The molecule has 5 nitrogen and oxygen atoms in total. The fourth-order valence-electron chi connectivity index (χ4n) is 2.49. The standard InChI is InChI=1S/C16H19N5/c1-13-9-15-18-12-19-21(15)16(10-13)20(8-7-17)11-14-5-3-2-4-6-14/h2-6,9-10,12H,7-8,11,17H2,1H3. The van der Waals surface area contributed by atoms with Gasteiger partial charge in [0.05, 0.1) is 0 Å². The van der Waals surface area contributed by atoms with Gasteiger partial charge >= 0.3 is 0 Å². The Bertz CT molecular complexity index is 720. The van der Waals surface area contributed by atoms with E-state index in [2.05, 4.69) is 52.2 Å². The van der Waals surface area contributed by atoms with Gasteiger partial charge in [-0.3, -0.25) is 0 Å². The van der Waals surface area contributed by atoms with Crippen molar-refractivity contribution in [3.8, 4) is 0 Å². The highest BCUT2D eigenvalue weighted by Gasteiger charge is 2.12. The van der Waals surface area contributed by atoms with Crippen molar-refractivity contribution in [1.82, 2.24) is 14.6 Å². The second-order valence-electron chi connectivity index (χ2n) is 5.12. The molecule has 0 aliphatic rings. The van der Waals surface area contributed by atoms with Crippen LogP contribution < -0.4 is 10.6 Å². The number of hydrogen-bond donors (Lipinski definition) is 1. The van der Waals surface area contributed by atoms with Gasteiger partial charge in [-0.2, -0.15) is 9.61 Å². The minimum atomic E-state index is 0.594. The van der Waals surface area contributed by atoms with Crippen molar-refractivity contribution >= 4 is 11.5 Å². The molecule has 21 heavy (non-hydrogen) atoms. The molecule has 3 aromatic rings. The van der Waals surface area contributed by atoms with Crippen molar-refractivity contribution in [1.29, 1.82) is 0 Å². The minimum Gasteiger partial charge on any atom is -0.351 e. The normalized spacial score (nSPS) is 11.0. The second kappa shape index (κ2) is 5.93. The Hall–Kier alpha value is -2.40. The molecular formula is C16H19N5. The molecule has 0 aliphatic heterocycles. The van der Waals surface area contributed by atoms with Gasteiger partial charge in [-0.1, -0.05) is 30.3 Å². The average Bonchev–Trinajstić information content (AvgIpc) is 2.95. The molecule has 0 fully saturated rings. The van der Waals surface area contributed by atoms with Gasteiger partial charge in [0.2, 0.25) is 0 Å². The monoisotopic (exact) mass is 281 g/mol. The molecule has 0 unspecified atom stereocenters. The zero-order chi connectivity index (χ0) is 14.7. The van der Waals surface area contributed by atoms with Crippen LogP contribution in [0.2, 0.25) is 0 Å². The molecule has 2 heterocycles. The summed E-state index contributed by atoms with van der Waals surface area (Å²) < 4.78 is 1.87. The van der Waals surface area contributed by atoms with E-state index in [1.54, 1.807) is 6.33 Å². The number of aryl methyl sites for hydroxylation is 1. The summed E-state index contributed by atoms with van der Waals surface area (Å²) >= 11 is 0. The van der Waals surface area contributed by atoms with Gasteiger partial charge in [-0.05, 0) is 30.2 Å². The lowest BCUT2D eigenvalue weighted by atomic mass is 10.2. The lowest BCUT2D eigenvalue weighted by Gasteiger charge is -2.25. The molecule has 3 rings (SSSR count). The fraction of sp³-hybridized carbons (Fsp3) is 0.250. The number of nitrogens with zero attached hydrogens (tertiary/aromatic N) is 4. The van der Waals surface area contributed by atoms with Crippen LogP contribution in [0.5, 0.6) is 0 Å². The number of anilines is 1. The van der Waals surface area contributed by atoms with E-state index >= 15 is 0 Å². The average molecular weight is 281 g/mol. The quantitative estimate of drug-likeness (QED) is 0.777. The second-order valence-corrected chi connectivity index (χ2v) is 5.12. The molecule has 0 amide bonds. The highest BCUT2D eigenvalue weighted by Crippen LogP contribution is 2.20. The molecule has 108 valence electrons. The van der Waals surface area contributed by atoms with E-state index in [9.17, 15) is 0 Å². The van der Waals surface area contributed by atoms with Crippen LogP contribution in [0.4, 0.5) is 5.82 Å². The predicted molar refractivity (Wildman–Crippen MR) is 84.3 cm³/mol. The van der Waals surface area contributed by atoms with Crippen LogP contribution in [0.1, 0.15) is 11.1 Å². The van der Waals surface area contributed by atoms with E-state index in [0.29, 0.717) is 6.54 Å². The first-order valence-corrected chi connectivity index (χ1v) is 7.07. The Morgan fingerprint density at radius 1 is 1.19 bits per heavy atom.